The molecule has 0 aliphatic heterocycles. The maximum Gasteiger partial charge on any atom is 0.307 e. The summed E-state index contributed by atoms with van der Waals surface area (Å²) in [5.74, 6) is 0.825. The highest BCUT2D eigenvalue weighted by Gasteiger charge is 2.11. The summed E-state index contributed by atoms with van der Waals surface area (Å²) in [5.41, 5.74) is 1.67. The maximum absolute atomic E-state index is 12.0. The number of rotatable bonds is 9. The van der Waals surface area contributed by atoms with E-state index in [4.69, 9.17) is 14.2 Å². The summed E-state index contributed by atoms with van der Waals surface area (Å²) in [5, 5.41) is 2.65. The first-order valence-electron chi connectivity index (χ1n) is 8.39. The van der Waals surface area contributed by atoms with E-state index in [1.807, 2.05) is 31.2 Å². The minimum atomic E-state index is -0.432. The van der Waals surface area contributed by atoms with Crippen LogP contribution in [-0.2, 0) is 14.3 Å². The molecule has 0 aliphatic rings. The molecule has 0 atom stereocenters. The molecule has 0 heterocycles. The number of anilines is 1. The van der Waals surface area contributed by atoms with Crippen molar-refractivity contribution >= 4 is 29.3 Å². The van der Waals surface area contributed by atoms with Crippen molar-refractivity contribution in [3.05, 3.63) is 48.0 Å². The topological polar surface area (TPSA) is 73.9 Å². The fourth-order valence-corrected chi connectivity index (χ4v) is 3.03. The van der Waals surface area contributed by atoms with E-state index in [-0.39, 0.29) is 13.0 Å². The molecule has 1 amide bonds. The average molecular weight is 389 g/mol. The molecule has 2 rings (SSSR count). The summed E-state index contributed by atoms with van der Waals surface area (Å²) in [6.45, 7) is 1.68. The third-order valence-electron chi connectivity index (χ3n) is 3.64. The molecular weight excluding hydrogens is 366 g/mol. The molecule has 0 aromatic heterocycles. The number of aryl methyl sites for hydroxylation is 1. The van der Waals surface area contributed by atoms with E-state index in [0.29, 0.717) is 22.9 Å². The van der Waals surface area contributed by atoms with Crippen LogP contribution in [0.4, 0.5) is 5.69 Å². The molecule has 0 saturated carbocycles. The molecule has 0 spiro atoms. The van der Waals surface area contributed by atoms with E-state index in [1.54, 1.807) is 37.1 Å². The molecule has 0 saturated heterocycles. The van der Waals surface area contributed by atoms with Crippen molar-refractivity contribution in [2.24, 2.45) is 0 Å². The van der Waals surface area contributed by atoms with Gasteiger partial charge in [0, 0.05) is 16.7 Å². The number of carbonyl (C=O) groups is 2. The Balaban J connectivity index is 1.73. The van der Waals surface area contributed by atoms with Crippen molar-refractivity contribution in [3.63, 3.8) is 0 Å². The summed E-state index contributed by atoms with van der Waals surface area (Å²) in [6.07, 6.45) is 0.234. The van der Waals surface area contributed by atoms with Gasteiger partial charge in [-0.2, -0.15) is 0 Å². The number of nitrogens with one attached hydrogen (secondary N) is 1. The minimum Gasteiger partial charge on any atom is -0.497 e. The van der Waals surface area contributed by atoms with Gasteiger partial charge in [-0.3, -0.25) is 9.59 Å². The monoisotopic (exact) mass is 389 g/mol. The van der Waals surface area contributed by atoms with Crippen LogP contribution < -0.4 is 14.8 Å². The van der Waals surface area contributed by atoms with Crippen LogP contribution in [0.2, 0.25) is 0 Å². The number of methoxy groups -OCH3 is 2. The molecule has 0 aliphatic carbocycles. The van der Waals surface area contributed by atoms with Crippen molar-refractivity contribution in [2.75, 3.05) is 31.9 Å². The Kier molecular flexibility index (Phi) is 8.00. The van der Waals surface area contributed by atoms with Gasteiger partial charge in [0.1, 0.15) is 11.5 Å². The van der Waals surface area contributed by atoms with Crippen molar-refractivity contribution in [1.82, 2.24) is 0 Å². The van der Waals surface area contributed by atoms with E-state index < -0.39 is 11.9 Å². The van der Waals surface area contributed by atoms with Gasteiger partial charge in [-0.1, -0.05) is 17.7 Å². The quantitative estimate of drug-likeness (QED) is 0.521. The fourth-order valence-electron chi connectivity index (χ4n) is 2.19. The van der Waals surface area contributed by atoms with Gasteiger partial charge in [-0.25, -0.2) is 0 Å². The number of ether oxygens (including phenoxy) is 3. The minimum absolute atomic E-state index is 0.234. The van der Waals surface area contributed by atoms with Crippen LogP contribution in [0.25, 0.3) is 0 Å². The summed E-state index contributed by atoms with van der Waals surface area (Å²) in [6, 6.07) is 13.1. The van der Waals surface area contributed by atoms with E-state index in [0.717, 1.165) is 4.90 Å². The predicted octanol–water partition coefficient (Wildman–Crippen LogP) is 3.68. The smallest absolute Gasteiger partial charge is 0.307 e. The van der Waals surface area contributed by atoms with Crippen LogP contribution in [0, 0.1) is 6.92 Å². The van der Waals surface area contributed by atoms with Crippen molar-refractivity contribution in [3.8, 4) is 11.5 Å². The second-order valence-electron chi connectivity index (χ2n) is 5.69. The lowest BCUT2D eigenvalue weighted by atomic mass is 10.2. The molecule has 0 unspecified atom stereocenters. The summed E-state index contributed by atoms with van der Waals surface area (Å²) in [4.78, 5) is 24.9. The number of amides is 1. The Bertz CT molecular complexity index is 776. The van der Waals surface area contributed by atoms with Gasteiger partial charge in [-0.15, -0.1) is 11.8 Å². The Hall–Kier alpha value is -2.67. The first kappa shape index (κ1) is 20.6. The standard InChI is InChI=1S/C20H23NO5S/c1-14-4-7-16(8-5-14)27-11-10-20(23)26-13-19(22)21-17-9-6-15(24-2)12-18(17)25-3/h4-9,12H,10-11,13H2,1-3H3,(H,21,22). The van der Waals surface area contributed by atoms with Crippen molar-refractivity contribution < 1.29 is 23.8 Å². The third kappa shape index (κ3) is 6.86. The van der Waals surface area contributed by atoms with E-state index >= 15 is 0 Å². The SMILES string of the molecule is COc1ccc(NC(=O)COC(=O)CCSc2ccc(C)cc2)c(OC)c1. The zero-order valence-corrected chi connectivity index (χ0v) is 16.4. The molecular formula is C20H23NO5S. The first-order chi connectivity index (χ1) is 13.0. The Labute approximate surface area is 163 Å². The number of benzene rings is 2. The molecule has 7 heteroatoms. The molecule has 144 valence electrons. The van der Waals surface area contributed by atoms with Crippen LogP contribution in [0.5, 0.6) is 11.5 Å². The normalized spacial score (nSPS) is 10.2. The predicted molar refractivity (Wildman–Crippen MR) is 106 cm³/mol. The molecule has 2 aromatic rings. The molecule has 1 N–H and O–H groups in total. The Morgan fingerprint density at radius 1 is 1.04 bits per heavy atom. The largest absolute Gasteiger partial charge is 0.497 e. The molecule has 6 nitrogen and oxygen atoms in total. The molecule has 0 radical (unpaired) electrons. The average Bonchev–Trinajstić information content (AvgIpc) is 2.68. The van der Waals surface area contributed by atoms with Crippen LogP contribution in [0.3, 0.4) is 0 Å². The van der Waals surface area contributed by atoms with Gasteiger partial charge >= 0.3 is 5.97 Å². The summed E-state index contributed by atoms with van der Waals surface area (Å²) < 4.78 is 15.3. The molecule has 27 heavy (non-hydrogen) atoms. The van der Waals surface area contributed by atoms with Gasteiger partial charge < -0.3 is 19.5 Å². The lowest BCUT2D eigenvalue weighted by Crippen LogP contribution is -2.21. The van der Waals surface area contributed by atoms with Crippen molar-refractivity contribution in [2.45, 2.75) is 18.2 Å². The van der Waals surface area contributed by atoms with Crippen LogP contribution in [-0.4, -0.2) is 38.5 Å². The maximum atomic E-state index is 12.0. The number of hydrogen-bond acceptors (Lipinski definition) is 6. The molecule has 0 fully saturated rings. The zero-order valence-electron chi connectivity index (χ0n) is 15.6. The highest BCUT2D eigenvalue weighted by Crippen LogP contribution is 2.28. The second kappa shape index (κ2) is 10.5. The number of thioether (sulfide) groups is 1. The van der Waals surface area contributed by atoms with Gasteiger partial charge in [-0.05, 0) is 31.2 Å². The third-order valence-corrected chi connectivity index (χ3v) is 4.66. The lowest BCUT2D eigenvalue weighted by molar-refractivity contribution is -0.146. The van der Waals surface area contributed by atoms with E-state index in [1.165, 1.54) is 12.7 Å². The molecule has 2 aromatic carbocycles. The lowest BCUT2D eigenvalue weighted by Gasteiger charge is -2.11. The Morgan fingerprint density at radius 2 is 1.78 bits per heavy atom. The van der Waals surface area contributed by atoms with Gasteiger partial charge in [0.05, 0.1) is 26.3 Å². The summed E-state index contributed by atoms with van der Waals surface area (Å²) in [7, 11) is 3.04. The summed E-state index contributed by atoms with van der Waals surface area (Å²) >= 11 is 1.57. The van der Waals surface area contributed by atoms with Gasteiger partial charge in [0.25, 0.3) is 5.91 Å². The van der Waals surface area contributed by atoms with E-state index in [2.05, 4.69) is 5.32 Å². The fraction of sp³-hybridized carbons (Fsp3) is 0.300. The van der Waals surface area contributed by atoms with Crippen LogP contribution in [0.15, 0.2) is 47.4 Å². The van der Waals surface area contributed by atoms with Crippen LogP contribution in [0.1, 0.15) is 12.0 Å². The van der Waals surface area contributed by atoms with E-state index in [9.17, 15) is 9.59 Å². The zero-order chi connectivity index (χ0) is 19.6. The second-order valence-corrected chi connectivity index (χ2v) is 6.85. The Morgan fingerprint density at radius 3 is 2.44 bits per heavy atom. The highest BCUT2D eigenvalue weighted by atomic mass is 32.2. The van der Waals surface area contributed by atoms with Gasteiger partial charge in [0.2, 0.25) is 0 Å². The number of hydrogen-bond donors (Lipinski definition) is 1. The van der Waals surface area contributed by atoms with Gasteiger partial charge in [0.15, 0.2) is 6.61 Å². The first-order valence-corrected chi connectivity index (χ1v) is 9.37. The molecule has 0 bridgehead atoms. The number of carbonyl (C=O) groups excluding carboxylic acids is 2. The van der Waals surface area contributed by atoms with Crippen LogP contribution >= 0.6 is 11.8 Å². The highest BCUT2D eigenvalue weighted by molar-refractivity contribution is 7.99. The van der Waals surface area contributed by atoms with Crippen molar-refractivity contribution in [1.29, 1.82) is 0 Å². The number of esters is 1.